The minimum atomic E-state index is -0.121. The summed E-state index contributed by atoms with van der Waals surface area (Å²) >= 11 is 1.54. The van der Waals surface area contributed by atoms with Gasteiger partial charge in [0, 0.05) is 17.1 Å². The number of amides is 1. The number of nitrogen functional groups attached to an aromatic ring is 1. The van der Waals surface area contributed by atoms with Crippen molar-refractivity contribution in [2.24, 2.45) is 0 Å². The van der Waals surface area contributed by atoms with Crippen LogP contribution in [0.15, 0.2) is 59.5 Å². The molecule has 0 aliphatic heterocycles. The van der Waals surface area contributed by atoms with Gasteiger partial charge in [-0.25, -0.2) is 0 Å². The summed E-state index contributed by atoms with van der Waals surface area (Å²) < 4.78 is 0. The Balaban J connectivity index is 1.76. The quantitative estimate of drug-likeness (QED) is 0.636. The molecule has 0 bridgehead atoms. The number of carbonyl (C=O) groups is 1. The maximum absolute atomic E-state index is 12.0. The summed E-state index contributed by atoms with van der Waals surface area (Å²) in [7, 11) is 0. The Hall–Kier alpha value is -1.94. The van der Waals surface area contributed by atoms with Gasteiger partial charge in [0.05, 0.1) is 5.25 Å². The lowest BCUT2D eigenvalue weighted by Crippen LogP contribution is -2.32. The second-order valence-corrected chi connectivity index (χ2v) is 6.27. The van der Waals surface area contributed by atoms with Gasteiger partial charge in [0.15, 0.2) is 0 Å². The SMILES string of the molecule is CC(Sc1ccc(N)cc1)C(=O)NCCc1ccccc1. The predicted octanol–water partition coefficient (Wildman–Crippen LogP) is 3.11. The number of rotatable bonds is 6. The molecule has 3 N–H and O–H groups in total. The van der Waals surface area contributed by atoms with E-state index >= 15 is 0 Å². The summed E-state index contributed by atoms with van der Waals surface area (Å²) in [6.07, 6.45) is 0.853. The van der Waals surface area contributed by atoms with E-state index in [1.807, 2.05) is 49.4 Å². The summed E-state index contributed by atoms with van der Waals surface area (Å²) in [6, 6.07) is 17.7. The van der Waals surface area contributed by atoms with E-state index in [0.29, 0.717) is 6.54 Å². The summed E-state index contributed by atoms with van der Waals surface area (Å²) in [6.45, 7) is 2.58. The van der Waals surface area contributed by atoms with E-state index in [0.717, 1.165) is 17.0 Å². The van der Waals surface area contributed by atoms with Crippen LogP contribution in [0.25, 0.3) is 0 Å². The first kappa shape index (κ1) is 15.4. The molecule has 1 unspecified atom stereocenters. The third-order valence-corrected chi connectivity index (χ3v) is 4.23. The lowest BCUT2D eigenvalue weighted by Gasteiger charge is -2.12. The molecule has 0 aliphatic carbocycles. The van der Waals surface area contributed by atoms with Crippen LogP contribution in [0.4, 0.5) is 5.69 Å². The van der Waals surface area contributed by atoms with Crippen molar-refractivity contribution in [3.63, 3.8) is 0 Å². The van der Waals surface area contributed by atoms with Crippen LogP contribution < -0.4 is 11.1 Å². The highest BCUT2D eigenvalue weighted by Crippen LogP contribution is 2.23. The van der Waals surface area contributed by atoms with E-state index in [2.05, 4.69) is 17.4 Å². The second kappa shape index (κ2) is 7.74. The fourth-order valence-corrected chi connectivity index (χ4v) is 2.81. The molecule has 1 atom stereocenters. The Bertz CT molecular complexity index is 569. The molecule has 0 heterocycles. The van der Waals surface area contributed by atoms with Crippen LogP contribution in [0.1, 0.15) is 12.5 Å². The molecule has 0 spiro atoms. The van der Waals surface area contributed by atoms with Crippen molar-refractivity contribution in [1.29, 1.82) is 0 Å². The monoisotopic (exact) mass is 300 g/mol. The zero-order valence-electron chi connectivity index (χ0n) is 12.1. The highest BCUT2D eigenvalue weighted by atomic mass is 32.2. The van der Waals surface area contributed by atoms with Gasteiger partial charge >= 0.3 is 0 Å². The molecular formula is C17H20N2OS. The van der Waals surface area contributed by atoms with Crippen molar-refractivity contribution < 1.29 is 4.79 Å². The molecule has 21 heavy (non-hydrogen) atoms. The predicted molar refractivity (Wildman–Crippen MR) is 89.3 cm³/mol. The van der Waals surface area contributed by atoms with Gasteiger partial charge in [-0.3, -0.25) is 4.79 Å². The molecule has 4 heteroatoms. The van der Waals surface area contributed by atoms with Crippen LogP contribution in [0.5, 0.6) is 0 Å². The minimum absolute atomic E-state index is 0.0627. The Kier molecular flexibility index (Phi) is 5.69. The molecule has 2 rings (SSSR count). The third-order valence-electron chi connectivity index (χ3n) is 3.12. The van der Waals surface area contributed by atoms with Gasteiger partial charge in [-0.1, -0.05) is 30.3 Å². The third kappa shape index (κ3) is 5.16. The number of hydrogen-bond acceptors (Lipinski definition) is 3. The van der Waals surface area contributed by atoms with Crippen molar-refractivity contribution >= 4 is 23.4 Å². The molecule has 0 aliphatic rings. The fourth-order valence-electron chi connectivity index (χ4n) is 1.92. The fraction of sp³-hybridized carbons (Fsp3) is 0.235. The van der Waals surface area contributed by atoms with Gasteiger partial charge in [-0.05, 0) is 43.2 Å². The van der Waals surface area contributed by atoms with Crippen LogP contribution in [0.3, 0.4) is 0 Å². The standard InChI is InChI=1S/C17H20N2OS/c1-13(21-16-9-7-15(18)8-10-16)17(20)19-12-11-14-5-3-2-4-6-14/h2-10,13H,11-12,18H2,1H3,(H,19,20). The lowest BCUT2D eigenvalue weighted by molar-refractivity contribution is -0.120. The average Bonchev–Trinajstić information content (AvgIpc) is 2.50. The molecule has 0 aromatic heterocycles. The largest absolute Gasteiger partial charge is 0.399 e. The van der Waals surface area contributed by atoms with E-state index in [1.54, 1.807) is 0 Å². The minimum Gasteiger partial charge on any atom is -0.399 e. The van der Waals surface area contributed by atoms with Crippen molar-refractivity contribution in [3.8, 4) is 0 Å². The van der Waals surface area contributed by atoms with Crippen LogP contribution in [0.2, 0.25) is 0 Å². The molecule has 1 amide bonds. The second-order valence-electron chi connectivity index (χ2n) is 4.86. The van der Waals surface area contributed by atoms with E-state index in [4.69, 9.17) is 5.73 Å². The molecule has 110 valence electrons. The van der Waals surface area contributed by atoms with Crippen molar-refractivity contribution in [1.82, 2.24) is 5.32 Å². The normalized spacial score (nSPS) is 11.9. The van der Waals surface area contributed by atoms with Crippen LogP contribution in [-0.2, 0) is 11.2 Å². The number of nitrogens with one attached hydrogen (secondary N) is 1. The van der Waals surface area contributed by atoms with E-state index in [9.17, 15) is 4.79 Å². The smallest absolute Gasteiger partial charge is 0.233 e. The zero-order chi connectivity index (χ0) is 15.1. The maximum atomic E-state index is 12.0. The van der Waals surface area contributed by atoms with Gasteiger partial charge in [-0.15, -0.1) is 11.8 Å². The maximum Gasteiger partial charge on any atom is 0.233 e. The van der Waals surface area contributed by atoms with Gasteiger partial charge < -0.3 is 11.1 Å². The Morgan fingerprint density at radius 1 is 1.14 bits per heavy atom. The van der Waals surface area contributed by atoms with Crippen LogP contribution in [-0.4, -0.2) is 17.7 Å². The van der Waals surface area contributed by atoms with Gasteiger partial charge in [0.2, 0.25) is 5.91 Å². The summed E-state index contributed by atoms with van der Waals surface area (Å²) in [5.74, 6) is 0.0627. The van der Waals surface area contributed by atoms with Crippen LogP contribution >= 0.6 is 11.8 Å². The number of thioether (sulfide) groups is 1. The first-order valence-electron chi connectivity index (χ1n) is 6.99. The Morgan fingerprint density at radius 2 is 1.81 bits per heavy atom. The van der Waals surface area contributed by atoms with Gasteiger partial charge in [0.25, 0.3) is 0 Å². The number of carbonyl (C=O) groups excluding carboxylic acids is 1. The molecule has 0 saturated heterocycles. The Labute approximate surface area is 129 Å². The molecule has 2 aromatic carbocycles. The van der Waals surface area contributed by atoms with Crippen molar-refractivity contribution in [3.05, 3.63) is 60.2 Å². The number of hydrogen-bond donors (Lipinski definition) is 2. The lowest BCUT2D eigenvalue weighted by atomic mass is 10.1. The molecule has 3 nitrogen and oxygen atoms in total. The number of anilines is 1. The average molecular weight is 300 g/mol. The first-order valence-corrected chi connectivity index (χ1v) is 7.87. The molecule has 0 fully saturated rings. The van der Waals surface area contributed by atoms with Crippen LogP contribution in [0, 0.1) is 0 Å². The number of nitrogens with two attached hydrogens (primary N) is 1. The summed E-state index contributed by atoms with van der Waals surface area (Å²) in [5.41, 5.74) is 7.62. The van der Waals surface area contributed by atoms with E-state index < -0.39 is 0 Å². The highest BCUT2D eigenvalue weighted by Gasteiger charge is 2.13. The topological polar surface area (TPSA) is 55.1 Å². The summed E-state index contributed by atoms with van der Waals surface area (Å²) in [4.78, 5) is 13.1. The molecule has 2 aromatic rings. The van der Waals surface area contributed by atoms with E-state index in [1.165, 1.54) is 17.3 Å². The molecule has 0 saturated carbocycles. The molecule has 0 radical (unpaired) electrons. The highest BCUT2D eigenvalue weighted by molar-refractivity contribution is 8.00. The van der Waals surface area contributed by atoms with Crippen molar-refractivity contribution in [2.75, 3.05) is 12.3 Å². The molecular weight excluding hydrogens is 280 g/mol. The summed E-state index contributed by atoms with van der Waals surface area (Å²) in [5, 5.41) is 2.86. The first-order chi connectivity index (χ1) is 10.1. The van der Waals surface area contributed by atoms with Crippen molar-refractivity contribution in [2.45, 2.75) is 23.5 Å². The number of benzene rings is 2. The Morgan fingerprint density at radius 3 is 2.48 bits per heavy atom. The van der Waals surface area contributed by atoms with E-state index in [-0.39, 0.29) is 11.2 Å². The van der Waals surface area contributed by atoms with Gasteiger partial charge in [0.1, 0.15) is 0 Å². The zero-order valence-corrected chi connectivity index (χ0v) is 12.9. The van der Waals surface area contributed by atoms with Gasteiger partial charge in [-0.2, -0.15) is 0 Å².